The Balaban J connectivity index is 1.20. The zero-order chi connectivity index (χ0) is 19.8. The second-order valence-corrected chi connectivity index (χ2v) is 8.33. The van der Waals surface area contributed by atoms with E-state index in [1.165, 1.54) is 30.5 Å². The first-order valence-corrected chi connectivity index (χ1v) is 10.3. The van der Waals surface area contributed by atoms with Crippen LogP contribution in [0.25, 0.3) is 11.4 Å². The molecule has 2 aliphatic carbocycles. The molecule has 5 rings (SSSR count). The molecule has 4 atom stereocenters. The highest BCUT2D eigenvalue weighted by Crippen LogP contribution is 2.49. The summed E-state index contributed by atoms with van der Waals surface area (Å²) in [5.41, 5.74) is 1.33. The van der Waals surface area contributed by atoms with Crippen LogP contribution in [-0.2, 0) is 6.67 Å². The van der Waals surface area contributed by atoms with E-state index in [0.29, 0.717) is 24.1 Å². The number of benzene rings is 1. The van der Waals surface area contributed by atoms with Crippen LogP contribution in [0.5, 0.6) is 0 Å². The third-order valence-electron chi connectivity index (χ3n) is 6.42. The Morgan fingerprint density at radius 1 is 1.17 bits per heavy atom. The monoisotopic (exact) mass is 391 g/mol. The van der Waals surface area contributed by atoms with Gasteiger partial charge in [0.15, 0.2) is 6.67 Å². The van der Waals surface area contributed by atoms with Gasteiger partial charge in [-0.2, -0.15) is 5.10 Å². The van der Waals surface area contributed by atoms with Crippen molar-refractivity contribution in [3.63, 3.8) is 0 Å². The third kappa shape index (κ3) is 3.66. The highest BCUT2D eigenvalue weighted by molar-refractivity contribution is 5.92. The smallest absolute Gasteiger partial charge is 0.271 e. The molecule has 2 fully saturated rings. The highest BCUT2D eigenvalue weighted by atomic mass is 16.2. The fourth-order valence-corrected chi connectivity index (χ4v) is 4.99. The van der Waals surface area contributed by atoms with Crippen LogP contribution in [0.3, 0.4) is 0 Å². The van der Waals surface area contributed by atoms with Gasteiger partial charge in [0.25, 0.3) is 5.91 Å². The largest absolute Gasteiger partial charge is 0.348 e. The number of rotatable bonds is 6. The average molecular weight is 391 g/mol. The van der Waals surface area contributed by atoms with Crippen molar-refractivity contribution in [1.29, 1.82) is 0 Å². The number of tetrazole rings is 1. The van der Waals surface area contributed by atoms with Crippen LogP contribution in [0.2, 0.25) is 0 Å². The van der Waals surface area contributed by atoms with Gasteiger partial charge in [0, 0.05) is 17.8 Å². The second kappa shape index (κ2) is 7.42. The number of hydrogen-bond donors (Lipinski definition) is 1. The van der Waals surface area contributed by atoms with Gasteiger partial charge in [-0.25, -0.2) is 4.68 Å². The molecule has 2 aromatic heterocycles. The molecule has 0 aliphatic heterocycles. The van der Waals surface area contributed by atoms with Crippen molar-refractivity contribution in [3.8, 4) is 11.4 Å². The molecule has 2 saturated carbocycles. The van der Waals surface area contributed by atoms with Crippen molar-refractivity contribution in [2.24, 2.45) is 17.8 Å². The van der Waals surface area contributed by atoms with Crippen LogP contribution in [0, 0.1) is 17.8 Å². The van der Waals surface area contributed by atoms with Gasteiger partial charge >= 0.3 is 0 Å². The summed E-state index contributed by atoms with van der Waals surface area (Å²) < 4.78 is 1.65. The average Bonchev–Trinajstić information content (AvgIpc) is 3.53. The number of carbonyl (C=O) groups excluding carboxylic acids is 1. The van der Waals surface area contributed by atoms with Crippen LogP contribution in [0.4, 0.5) is 0 Å². The van der Waals surface area contributed by atoms with Crippen LogP contribution >= 0.6 is 0 Å². The quantitative estimate of drug-likeness (QED) is 0.697. The van der Waals surface area contributed by atoms with E-state index in [2.05, 4.69) is 32.7 Å². The summed E-state index contributed by atoms with van der Waals surface area (Å²) in [6, 6.07) is 11.6. The molecular formula is C21H25N7O. The minimum Gasteiger partial charge on any atom is -0.348 e. The maximum absolute atomic E-state index is 12.6. The van der Waals surface area contributed by atoms with Crippen molar-refractivity contribution in [2.75, 3.05) is 0 Å². The number of nitrogens with zero attached hydrogens (tertiary/aromatic N) is 6. The number of carbonyl (C=O) groups is 1. The topological polar surface area (TPSA) is 90.5 Å². The molecular weight excluding hydrogens is 366 g/mol. The summed E-state index contributed by atoms with van der Waals surface area (Å²) in [4.78, 5) is 14.1. The van der Waals surface area contributed by atoms with Gasteiger partial charge in [-0.3, -0.25) is 4.79 Å². The highest BCUT2D eigenvalue weighted by Gasteiger charge is 2.42. The van der Waals surface area contributed by atoms with E-state index < -0.39 is 0 Å². The van der Waals surface area contributed by atoms with Gasteiger partial charge in [0.1, 0.15) is 5.69 Å². The molecule has 2 bridgehead atoms. The Kier molecular flexibility index (Phi) is 4.61. The van der Waals surface area contributed by atoms with E-state index in [9.17, 15) is 4.79 Å². The third-order valence-corrected chi connectivity index (χ3v) is 6.42. The Bertz CT molecular complexity index is 995. The van der Waals surface area contributed by atoms with Crippen LogP contribution in [0.1, 0.15) is 43.1 Å². The maximum atomic E-state index is 12.6. The fraction of sp³-hybridized carbons (Fsp3) is 0.476. The first kappa shape index (κ1) is 18.0. The summed E-state index contributed by atoms with van der Waals surface area (Å²) in [5.74, 6) is 2.71. The lowest BCUT2D eigenvalue weighted by Crippen LogP contribution is -2.40. The lowest BCUT2D eigenvalue weighted by atomic mass is 9.84. The Labute approximate surface area is 169 Å². The number of amides is 1. The molecule has 0 radical (unpaired) electrons. The number of aromatic nitrogens is 6. The van der Waals surface area contributed by atoms with E-state index in [1.807, 2.05) is 30.3 Å². The van der Waals surface area contributed by atoms with Gasteiger partial charge in [-0.15, -0.1) is 15.0 Å². The summed E-state index contributed by atoms with van der Waals surface area (Å²) >= 11 is 0. The molecule has 2 heterocycles. The van der Waals surface area contributed by atoms with Crippen LogP contribution in [0.15, 0.2) is 42.6 Å². The number of nitrogens with one attached hydrogen (secondary N) is 1. The van der Waals surface area contributed by atoms with Gasteiger partial charge < -0.3 is 5.32 Å². The Morgan fingerprint density at radius 3 is 2.79 bits per heavy atom. The van der Waals surface area contributed by atoms with Crippen molar-refractivity contribution in [2.45, 2.75) is 45.3 Å². The Hall–Kier alpha value is -3.03. The van der Waals surface area contributed by atoms with Crippen molar-refractivity contribution >= 4 is 5.91 Å². The van der Waals surface area contributed by atoms with Gasteiger partial charge in [0.05, 0.1) is 0 Å². The van der Waals surface area contributed by atoms with E-state index >= 15 is 0 Å². The van der Waals surface area contributed by atoms with Gasteiger partial charge in [-0.05, 0) is 55.2 Å². The summed E-state index contributed by atoms with van der Waals surface area (Å²) in [6.07, 6.45) is 7.05. The number of fused-ring (bicyclic) bond motifs is 2. The fourth-order valence-electron chi connectivity index (χ4n) is 4.99. The zero-order valence-electron chi connectivity index (χ0n) is 16.5. The molecule has 3 aromatic rings. The molecule has 0 saturated heterocycles. The van der Waals surface area contributed by atoms with E-state index in [4.69, 9.17) is 0 Å². The van der Waals surface area contributed by atoms with Gasteiger partial charge in [0.2, 0.25) is 5.82 Å². The van der Waals surface area contributed by atoms with E-state index in [-0.39, 0.29) is 11.9 Å². The summed E-state index contributed by atoms with van der Waals surface area (Å²) in [6.45, 7) is 2.43. The summed E-state index contributed by atoms with van der Waals surface area (Å²) in [5, 5.41) is 20.1. The van der Waals surface area contributed by atoms with E-state index in [0.717, 1.165) is 17.4 Å². The molecule has 1 aromatic carbocycles. The standard InChI is InChI=1S/C21H25N7O/c1-14(18-12-15-7-8-17(18)11-15)22-21(29)19-9-10-27(24-19)13-28-25-20(23-26-28)16-5-3-2-4-6-16/h2-6,9-10,14-15,17-18H,7-8,11-13H2,1H3,(H,22,29). The molecule has 8 heteroatoms. The normalized spacial score (nSPS) is 24.0. The first-order chi connectivity index (χ1) is 14.2. The molecule has 8 nitrogen and oxygen atoms in total. The minimum absolute atomic E-state index is 0.115. The lowest BCUT2D eigenvalue weighted by molar-refractivity contribution is 0.0909. The van der Waals surface area contributed by atoms with E-state index in [1.54, 1.807) is 16.9 Å². The SMILES string of the molecule is CC(NC(=O)c1ccn(Cn2nnc(-c3ccccc3)n2)n1)C1CC2CCC1C2. The second-order valence-electron chi connectivity index (χ2n) is 8.33. The predicted molar refractivity (Wildman–Crippen MR) is 107 cm³/mol. The molecule has 1 amide bonds. The minimum atomic E-state index is -0.115. The molecule has 2 aliphatic rings. The predicted octanol–water partition coefficient (Wildman–Crippen LogP) is 2.60. The molecule has 29 heavy (non-hydrogen) atoms. The lowest BCUT2D eigenvalue weighted by Gasteiger charge is -2.28. The number of hydrogen-bond acceptors (Lipinski definition) is 5. The summed E-state index contributed by atoms with van der Waals surface area (Å²) in [7, 11) is 0. The molecule has 0 spiro atoms. The van der Waals surface area contributed by atoms with Crippen molar-refractivity contribution in [1.82, 2.24) is 35.3 Å². The Morgan fingerprint density at radius 2 is 2.03 bits per heavy atom. The van der Waals surface area contributed by atoms with Gasteiger partial charge in [-0.1, -0.05) is 36.8 Å². The van der Waals surface area contributed by atoms with Crippen molar-refractivity contribution < 1.29 is 4.79 Å². The first-order valence-electron chi connectivity index (χ1n) is 10.3. The molecule has 1 N–H and O–H groups in total. The molecule has 150 valence electrons. The van der Waals surface area contributed by atoms with Crippen molar-refractivity contribution in [3.05, 3.63) is 48.3 Å². The van der Waals surface area contributed by atoms with Crippen LogP contribution < -0.4 is 5.32 Å². The van der Waals surface area contributed by atoms with Crippen LogP contribution in [-0.4, -0.2) is 41.9 Å². The molecule has 4 unspecified atom stereocenters. The zero-order valence-corrected chi connectivity index (χ0v) is 16.5. The maximum Gasteiger partial charge on any atom is 0.271 e.